The number of anilines is 12. The number of amides is 4. The van der Waals surface area contributed by atoms with Crippen molar-refractivity contribution in [1.82, 2.24) is 59.5 Å². The molecule has 10 N–H and O–H groups in total. The Morgan fingerprint density at radius 1 is 0.446 bits per heavy atom. The number of aromatic nitrogens is 8. The van der Waals surface area contributed by atoms with Crippen LogP contribution in [0.1, 0.15) is 121 Å². The molecule has 0 saturated carbocycles. The van der Waals surface area contributed by atoms with Crippen LogP contribution in [0.25, 0.3) is 0 Å². The van der Waals surface area contributed by atoms with Crippen LogP contribution in [0.2, 0.25) is 20.1 Å². The first-order chi connectivity index (χ1) is 53.5. The smallest absolute Gasteiger partial charge is 0.254 e. The number of aliphatic hydroxyl groups is 2. The molecule has 3 unspecified atom stereocenters. The predicted octanol–water partition coefficient (Wildman–Crippen LogP) is 13.9. The van der Waals surface area contributed by atoms with Crippen LogP contribution in [-0.4, -0.2) is 214 Å². The van der Waals surface area contributed by atoms with E-state index in [2.05, 4.69) is 110 Å². The number of nitrogens with zero attached hydrogens (tertiary/aromatic N) is 12. The molecule has 0 radical (unpaired) electrons. The van der Waals surface area contributed by atoms with Gasteiger partial charge in [-0.1, -0.05) is 74.1 Å². The molecular formula is C78H100Cl4N20O10. The van der Waals surface area contributed by atoms with E-state index in [1.165, 1.54) is 31.9 Å². The number of hydrogen-bond acceptors (Lipinski definition) is 26. The summed E-state index contributed by atoms with van der Waals surface area (Å²) in [6.45, 7) is 17.8. The van der Waals surface area contributed by atoms with Crippen LogP contribution in [0.5, 0.6) is 23.0 Å². The quantitative estimate of drug-likeness (QED) is 0.0319. The summed E-state index contributed by atoms with van der Waals surface area (Å²) in [5, 5.41) is 45.5. The number of nitrogens with one attached hydrogen (secondary N) is 8. The highest BCUT2D eigenvalue weighted by atomic mass is 35.5. The van der Waals surface area contributed by atoms with E-state index in [9.17, 15) is 29.4 Å². The Bertz CT molecular complexity index is 4570. The Hall–Kier alpha value is -10.2. The van der Waals surface area contributed by atoms with Gasteiger partial charge >= 0.3 is 0 Å². The van der Waals surface area contributed by atoms with Gasteiger partial charge in [0.2, 0.25) is 23.8 Å². The molecule has 600 valence electrons. The van der Waals surface area contributed by atoms with Crippen molar-refractivity contribution in [2.24, 2.45) is 23.2 Å². The third kappa shape index (κ3) is 22.8. The second-order valence-electron chi connectivity index (χ2n) is 28.7. The van der Waals surface area contributed by atoms with E-state index in [-0.39, 0.29) is 29.5 Å². The molecule has 4 saturated heterocycles. The molecule has 8 heterocycles. The zero-order chi connectivity index (χ0) is 81.1. The number of hydrogen-bond donors (Lipinski definition) is 10. The molecule has 0 aliphatic carbocycles. The van der Waals surface area contributed by atoms with Gasteiger partial charge in [0.1, 0.15) is 66.4 Å². The van der Waals surface area contributed by atoms with Gasteiger partial charge in [-0.2, -0.15) is 19.9 Å². The van der Waals surface area contributed by atoms with Crippen molar-refractivity contribution < 1.29 is 48.3 Å². The van der Waals surface area contributed by atoms with Gasteiger partial charge in [0.25, 0.3) is 23.6 Å². The zero-order valence-corrected chi connectivity index (χ0v) is 68.5. The van der Waals surface area contributed by atoms with Crippen molar-refractivity contribution in [1.29, 1.82) is 0 Å². The molecular weight excluding hydrogens is 1520 g/mol. The van der Waals surface area contributed by atoms with Gasteiger partial charge in [-0.25, -0.2) is 19.9 Å². The number of piperidine rings is 3. The molecule has 4 aromatic heterocycles. The van der Waals surface area contributed by atoms with Crippen LogP contribution in [0.4, 0.5) is 69.8 Å². The number of rotatable bonds is 21. The highest BCUT2D eigenvalue weighted by molar-refractivity contribution is 6.33. The SMILES string of the molecule is CNc1nc(Nc2ccc(C(=O)N3CC(C)CC(C)C3)cc2OC)ncc1Cl.CNc1nc(Nc2ccc(C(=O)N3CCC(C(C)(C)O)CC3)cc2OC)ncc1Cl.CNc1nc(Nc2ccc(C(=O)N3CCC(C)(C)CC3)cc2OC)ncc1Cl.CNc1nc(Nc2ccc(C(=O)N3CCC(O)C3)cc2OC)ncc1Cl. The standard InChI is InChI=1S/C21H28ClN5O3.2C20H26ClN5O2.C17H20ClN5O3/c1-21(2,29)14-7-9-27(10-8-14)19(28)13-5-6-16(17(11-13)30-4)25-20-24-12-15(22)18(23-3)26-20;1-12-7-13(2)11-26(10-12)19(27)14-5-6-16(17(8-14)28-4)24-20-23-9-15(21)18(22-3)25-20;1-20(2)7-9-26(10-8-20)18(27)13-5-6-15(16(11-13)28-4)24-19-23-12-14(21)17(22-3)25-19;1-19-15-12(18)8-20-17(22-15)21-13-4-3-10(7-14(13)26-2)16(25)23-6-5-11(24)9-23/h5-6,11-12,14,29H,7-10H2,1-4H3,(H2,23,24,25,26);5-6,8-9,12-13H,7,10-11H2,1-4H3,(H2,22,23,24,25);5-6,11-12H,7-10H2,1-4H3,(H2,22,23,24,25);3-4,7-8,11,24H,5-6,9H2,1-2H3,(H2,19,20,21,22). The number of carbonyl (C=O) groups excluding carboxylic acids is 4. The molecule has 4 fully saturated rings. The highest BCUT2D eigenvalue weighted by Crippen LogP contribution is 2.38. The van der Waals surface area contributed by atoms with E-state index in [0.717, 1.165) is 58.3 Å². The van der Waals surface area contributed by atoms with Gasteiger partial charge in [-0.15, -0.1) is 0 Å². The van der Waals surface area contributed by atoms with Gasteiger partial charge in [0.15, 0.2) is 0 Å². The second-order valence-corrected chi connectivity index (χ2v) is 30.4. The topological polar surface area (TPSA) is 358 Å². The van der Waals surface area contributed by atoms with Crippen molar-refractivity contribution >= 4 is 140 Å². The maximum Gasteiger partial charge on any atom is 0.254 e. The fourth-order valence-electron chi connectivity index (χ4n) is 13.2. The summed E-state index contributed by atoms with van der Waals surface area (Å²) in [4.78, 5) is 92.5. The molecule has 4 aliphatic rings. The molecule has 30 nitrogen and oxygen atoms in total. The van der Waals surface area contributed by atoms with Crippen LogP contribution in [0, 0.1) is 23.2 Å². The Kier molecular flexibility index (Phi) is 30.1. The first-order valence-electron chi connectivity index (χ1n) is 36.7. The van der Waals surface area contributed by atoms with Crippen molar-refractivity contribution in [2.75, 3.05) is 152 Å². The number of benzene rings is 4. The molecule has 4 aliphatic heterocycles. The average molecular weight is 1620 g/mol. The minimum atomic E-state index is -0.720. The van der Waals surface area contributed by atoms with Crippen LogP contribution < -0.4 is 61.5 Å². The monoisotopic (exact) mass is 1620 g/mol. The first kappa shape index (κ1) is 85.8. The lowest BCUT2D eigenvalue weighted by atomic mass is 9.82. The fraction of sp³-hybridized carbons (Fsp3) is 0.436. The largest absolute Gasteiger partial charge is 0.495 e. The Balaban J connectivity index is 0.000000172. The Morgan fingerprint density at radius 3 is 1.01 bits per heavy atom. The molecule has 34 heteroatoms. The molecule has 112 heavy (non-hydrogen) atoms. The summed E-state index contributed by atoms with van der Waals surface area (Å²) in [6, 6.07) is 21.0. The van der Waals surface area contributed by atoms with Gasteiger partial charge in [-0.05, 0) is 148 Å². The lowest BCUT2D eigenvalue weighted by Gasteiger charge is -2.37. The van der Waals surface area contributed by atoms with Gasteiger partial charge in [0, 0.05) is 103 Å². The average Bonchev–Trinajstić information content (AvgIpc) is 1.79. The maximum absolute atomic E-state index is 13.0. The van der Waals surface area contributed by atoms with E-state index in [1.54, 1.807) is 127 Å². The number of methoxy groups -OCH3 is 4. The van der Waals surface area contributed by atoms with Gasteiger partial charge in [0.05, 0.1) is 87.7 Å². The molecule has 0 spiro atoms. The van der Waals surface area contributed by atoms with Crippen molar-refractivity contribution in [3.05, 3.63) is 140 Å². The normalized spacial score (nSPS) is 16.6. The summed E-state index contributed by atoms with van der Waals surface area (Å²) < 4.78 is 21.8. The third-order valence-electron chi connectivity index (χ3n) is 19.5. The van der Waals surface area contributed by atoms with E-state index >= 15 is 0 Å². The number of likely N-dealkylation sites (tertiary alicyclic amines) is 4. The van der Waals surface area contributed by atoms with Crippen LogP contribution in [0.15, 0.2) is 97.6 Å². The molecule has 3 atom stereocenters. The minimum Gasteiger partial charge on any atom is -0.495 e. The Morgan fingerprint density at radius 2 is 0.732 bits per heavy atom. The van der Waals surface area contributed by atoms with E-state index in [1.807, 2.05) is 28.5 Å². The molecule has 0 bridgehead atoms. The van der Waals surface area contributed by atoms with Crippen LogP contribution in [-0.2, 0) is 0 Å². The zero-order valence-electron chi connectivity index (χ0n) is 65.5. The Labute approximate surface area is 673 Å². The van der Waals surface area contributed by atoms with Crippen molar-refractivity contribution in [3.63, 3.8) is 0 Å². The number of β-amino-alcohol motifs (C(OH)–C–C–N with tert-alkyl or cyclic N) is 1. The van der Waals surface area contributed by atoms with E-state index in [0.29, 0.717) is 185 Å². The molecule has 4 aromatic carbocycles. The van der Waals surface area contributed by atoms with Crippen molar-refractivity contribution in [3.8, 4) is 23.0 Å². The van der Waals surface area contributed by atoms with Gasteiger partial charge in [-0.3, -0.25) is 19.2 Å². The molecule has 12 rings (SSSR count). The molecule has 8 aromatic rings. The number of carbonyl (C=O) groups is 4. The summed E-state index contributed by atoms with van der Waals surface area (Å²) >= 11 is 24.1. The lowest BCUT2D eigenvalue weighted by Crippen LogP contribution is -2.44. The highest BCUT2D eigenvalue weighted by Gasteiger charge is 2.34. The minimum absolute atomic E-state index is 0.0283. The lowest BCUT2D eigenvalue weighted by molar-refractivity contribution is -0.0108. The summed E-state index contributed by atoms with van der Waals surface area (Å²) in [5.74, 6) is 6.72. The number of ether oxygens (including phenoxy) is 4. The predicted molar refractivity (Wildman–Crippen MR) is 441 cm³/mol. The maximum atomic E-state index is 13.0. The van der Waals surface area contributed by atoms with E-state index < -0.39 is 11.7 Å². The fourth-order valence-corrected chi connectivity index (χ4v) is 13.9. The summed E-state index contributed by atoms with van der Waals surface area (Å²) in [7, 11) is 13.1. The van der Waals surface area contributed by atoms with E-state index in [4.69, 9.17) is 65.4 Å². The second kappa shape index (κ2) is 39.3. The number of aliphatic hydroxyl groups excluding tert-OH is 1. The summed E-state index contributed by atoms with van der Waals surface area (Å²) in [5.41, 5.74) is 4.43. The number of halogens is 4. The third-order valence-corrected chi connectivity index (χ3v) is 20.6. The van der Waals surface area contributed by atoms with Gasteiger partial charge < -0.3 is 91.3 Å². The summed E-state index contributed by atoms with van der Waals surface area (Å²) in [6.07, 6.45) is 10.9. The van der Waals surface area contributed by atoms with Crippen molar-refractivity contribution in [2.45, 2.75) is 91.8 Å². The van der Waals surface area contributed by atoms with Crippen LogP contribution in [0.3, 0.4) is 0 Å². The first-order valence-corrected chi connectivity index (χ1v) is 38.2. The van der Waals surface area contributed by atoms with Crippen LogP contribution >= 0.6 is 46.4 Å². The molecule has 4 amide bonds.